The molecule has 1 unspecified atom stereocenters. The lowest BCUT2D eigenvalue weighted by atomic mass is 9.82. The van der Waals surface area contributed by atoms with Crippen molar-refractivity contribution in [3.63, 3.8) is 0 Å². The summed E-state index contributed by atoms with van der Waals surface area (Å²) in [5.41, 5.74) is 2.65. The van der Waals surface area contributed by atoms with Crippen LogP contribution >= 0.6 is 0 Å². The summed E-state index contributed by atoms with van der Waals surface area (Å²) in [4.78, 5) is 2.40. The molecule has 4 aromatic carbocycles. The average Bonchev–Trinajstić information content (AvgIpc) is 3.39. The van der Waals surface area contributed by atoms with Gasteiger partial charge in [-0.1, -0.05) is 60.7 Å². The highest BCUT2D eigenvalue weighted by Crippen LogP contribution is 2.45. The van der Waals surface area contributed by atoms with Crippen LogP contribution in [-0.4, -0.2) is 13.1 Å². The van der Waals surface area contributed by atoms with Crippen LogP contribution < -0.4 is 9.64 Å². The predicted octanol–water partition coefficient (Wildman–Crippen LogP) is 6.93. The van der Waals surface area contributed by atoms with Gasteiger partial charge in [0.1, 0.15) is 11.6 Å². The second-order valence-electron chi connectivity index (χ2n) is 8.59. The van der Waals surface area contributed by atoms with Crippen molar-refractivity contribution >= 4 is 22.5 Å². The molecule has 2 nitrogen and oxygen atoms in total. The Morgan fingerprint density at radius 2 is 1.53 bits per heavy atom. The highest BCUT2D eigenvalue weighted by molar-refractivity contribution is 5.94. The van der Waals surface area contributed by atoms with Crippen LogP contribution in [0.1, 0.15) is 29.5 Å². The van der Waals surface area contributed by atoms with E-state index < -0.39 is 5.60 Å². The van der Waals surface area contributed by atoms with Crippen molar-refractivity contribution in [2.45, 2.75) is 18.4 Å². The van der Waals surface area contributed by atoms with E-state index in [1.54, 1.807) is 6.07 Å². The molecule has 0 spiro atoms. The molecule has 32 heavy (non-hydrogen) atoms. The van der Waals surface area contributed by atoms with Crippen molar-refractivity contribution < 1.29 is 9.13 Å². The normalized spacial score (nSPS) is 19.7. The van der Waals surface area contributed by atoms with Crippen LogP contribution in [0.3, 0.4) is 0 Å². The highest BCUT2D eigenvalue weighted by atomic mass is 19.1. The zero-order chi connectivity index (χ0) is 21.5. The number of ether oxygens (including phenoxy) is 1. The molecule has 2 aliphatic heterocycles. The van der Waals surface area contributed by atoms with Crippen molar-refractivity contribution in [1.29, 1.82) is 0 Å². The molecule has 2 aliphatic rings. The maximum absolute atomic E-state index is 15.1. The van der Waals surface area contributed by atoms with Crippen LogP contribution in [0.2, 0.25) is 0 Å². The molecule has 0 radical (unpaired) electrons. The first-order valence-electron chi connectivity index (χ1n) is 11.3. The minimum absolute atomic E-state index is 0.273. The van der Waals surface area contributed by atoms with Crippen molar-refractivity contribution in [2.24, 2.45) is 0 Å². The molecule has 1 saturated heterocycles. The largest absolute Gasteiger partial charge is 0.473 e. The molecule has 4 aromatic rings. The van der Waals surface area contributed by atoms with Gasteiger partial charge in [-0.25, -0.2) is 4.39 Å². The standard InChI is InChI=1S/C29H24FNO/c30-27-10-4-3-9-26(27)29(22-12-14-23(15-13-22)31-19-5-6-20-31)18-17-25-24-8-2-1-7-21(24)11-16-28(25)32-29/h1-4,7-18H,5-6,19-20H2. The van der Waals surface area contributed by atoms with E-state index in [0.717, 1.165) is 40.7 Å². The van der Waals surface area contributed by atoms with E-state index in [1.807, 2.05) is 36.4 Å². The van der Waals surface area contributed by atoms with Crippen LogP contribution in [0, 0.1) is 5.82 Å². The third-order valence-electron chi connectivity index (χ3n) is 6.73. The number of nitrogens with zero attached hydrogens (tertiary/aromatic N) is 1. The molecule has 158 valence electrons. The number of anilines is 1. The number of rotatable bonds is 3. The average molecular weight is 422 g/mol. The Balaban J connectivity index is 1.50. The summed E-state index contributed by atoms with van der Waals surface area (Å²) in [6.07, 6.45) is 6.56. The van der Waals surface area contributed by atoms with E-state index in [0.29, 0.717) is 5.56 Å². The number of hydrogen-bond acceptors (Lipinski definition) is 2. The Hall–Kier alpha value is -3.59. The Morgan fingerprint density at radius 3 is 2.34 bits per heavy atom. The molecule has 0 aliphatic carbocycles. The minimum Gasteiger partial charge on any atom is -0.473 e. The maximum atomic E-state index is 15.1. The van der Waals surface area contributed by atoms with Crippen LogP contribution in [0.25, 0.3) is 16.8 Å². The van der Waals surface area contributed by atoms with Gasteiger partial charge in [0, 0.05) is 35.5 Å². The van der Waals surface area contributed by atoms with Crippen molar-refractivity contribution in [3.05, 3.63) is 114 Å². The summed E-state index contributed by atoms with van der Waals surface area (Å²) in [7, 11) is 0. The first-order chi connectivity index (χ1) is 15.7. The van der Waals surface area contributed by atoms with E-state index in [-0.39, 0.29) is 5.82 Å². The van der Waals surface area contributed by atoms with E-state index in [4.69, 9.17) is 4.74 Å². The molecular formula is C29H24FNO. The monoisotopic (exact) mass is 421 g/mol. The first-order valence-corrected chi connectivity index (χ1v) is 11.3. The molecule has 0 aromatic heterocycles. The van der Waals surface area contributed by atoms with Crippen molar-refractivity contribution in [2.75, 3.05) is 18.0 Å². The summed E-state index contributed by atoms with van der Waals surface area (Å²) < 4.78 is 21.8. The fourth-order valence-corrected chi connectivity index (χ4v) is 5.06. The maximum Gasteiger partial charge on any atom is 0.180 e. The third-order valence-corrected chi connectivity index (χ3v) is 6.73. The number of benzene rings is 4. The SMILES string of the molecule is Fc1ccccc1C1(c2ccc(N3CCCC3)cc2)C=Cc2c(ccc3ccccc23)O1. The van der Waals surface area contributed by atoms with Gasteiger partial charge in [-0.15, -0.1) is 0 Å². The smallest absolute Gasteiger partial charge is 0.180 e. The molecule has 0 amide bonds. The molecular weight excluding hydrogens is 397 g/mol. The number of hydrogen-bond donors (Lipinski definition) is 0. The molecule has 0 bridgehead atoms. The number of fused-ring (bicyclic) bond motifs is 3. The van der Waals surface area contributed by atoms with Gasteiger partial charge in [-0.05, 0) is 60.0 Å². The van der Waals surface area contributed by atoms with E-state index in [9.17, 15) is 0 Å². The highest BCUT2D eigenvalue weighted by Gasteiger charge is 2.39. The lowest BCUT2D eigenvalue weighted by molar-refractivity contribution is 0.156. The number of halogens is 1. The van der Waals surface area contributed by atoms with Gasteiger partial charge in [0.25, 0.3) is 0 Å². The molecule has 1 fully saturated rings. The minimum atomic E-state index is -1.02. The first kappa shape index (κ1) is 19.1. The van der Waals surface area contributed by atoms with Gasteiger partial charge in [0.05, 0.1) is 0 Å². The molecule has 0 saturated carbocycles. The van der Waals surface area contributed by atoms with Gasteiger partial charge in [-0.3, -0.25) is 0 Å². The van der Waals surface area contributed by atoms with Crippen LogP contribution in [0.5, 0.6) is 5.75 Å². The van der Waals surface area contributed by atoms with E-state index >= 15 is 4.39 Å². The Labute approximate surface area is 187 Å². The fraction of sp³-hybridized carbons (Fsp3) is 0.172. The zero-order valence-corrected chi connectivity index (χ0v) is 17.8. The van der Waals surface area contributed by atoms with Crippen LogP contribution in [0.4, 0.5) is 10.1 Å². The van der Waals surface area contributed by atoms with Crippen LogP contribution in [-0.2, 0) is 5.60 Å². The van der Waals surface area contributed by atoms with Crippen molar-refractivity contribution in [3.8, 4) is 5.75 Å². The Kier molecular flexibility index (Phi) is 4.50. The molecule has 6 rings (SSSR count). The summed E-state index contributed by atoms with van der Waals surface area (Å²) in [6.45, 7) is 2.18. The molecule has 0 N–H and O–H groups in total. The summed E-state index contributed by atoms with van der Waals surface area (Å²) in [5, 5.41) is 2.29. The topological polar surface area (TPSA) is 12.5 Å². The van der Waals surface area contributed by atoms with E-state index in [2.05, 4.69) is 53.4 Å². The van der Waals surface area contributed by atoms with Gasteiger partial charge in [-0.2, -0.15) is 0 Å². The summed E-state index contributed by atoms with van der Waals surface area (Å²) >= 11 is 0. The zero-order valence-electron chi connectivity index (χ0n) is 17.8. The third kappa shape index (κ3) is 3.00. The Bertz CT molecular complexity index is 1320. The van der Waals surface area contributed by atoms with Gasteiger partial charge in [0.2, 0.25) is 0 Å². The van der Waals surface area contributed by atoms with E-state index in [1.165, 1.54) is 24.6 Å². The Morgan fingerprint density at radius 1 is 0.781 bits per heavy atom. The quantitative estimate of drug-likeness (QED) is 0.356. The second kappa shape index (κ2) is 7.52. The fourth-order valence-electron chi connectivity index (χ4n) is 5.06. The van der Waals surface area contributed by atoms with Gasteiger partial charge < -0.3 is 9.64 Å². The summed E-state index contributed by atoms with van der Waals surface area (Å²) in [5.74, 6) is 0.489. The summed E-state index contributed by atoms with van der Waals surface area (Å²) in [6, 6.07) is 27.7. The molecule has 1 atom stereocenters. The van der Waals surface area contributed by atoms with Gasteiger partial charge >= 0.3 is 0 Å². The molecule has 2 heterocycles. The lowest BCUT2D eigenvalue weighted by Crippen LogP contribution is -2.35. The predicted molar refractivity (Wildman–Crippen MR) is 129 cm³/mol. The lowest BCUT2D eigenvalue weighted by Gasteiger charge is -2.36. The second-order valence-corrected chi connectivity index (χ2v) is 8.59. The van der Waals surface area contributed by atoms with Gasteiger partial charge in [0.15, 0.2) is 5.60 Å². The van der Waals surface area contributed by atoms with Crippen molar-refractivity contribution in [1.82, 2.24) is 0 Å². The van der Waals surface area contributed by atoms with Crippen LogP contribution in [0.15, 0.2) is 91.0 Å². The molecule has 3 heteroatoms.